The van der Waals surface area contributed by atoms with Crippen LogP contribution in [0.1, 0.15) is 118 Å². The zero-order valence-corrected chi connectivity index (χ0v) is 75.5. The van der Waals surface area contributed by atoms with Gasteiger partial charge in [0.05, 0.1) is 57.4 Å². The number of aliphatic carboxylic acids is 4. The number of thiol groups is 1. The molecule has 49 nitrogen and oxygen atoms in total. The molecule has 1 aliphatic heterocycles. The molecule has 0 spiro atoms. The molecule has 0 unspecified atom stereocenters. The van der Waals surface area contributed by atoms with Crippen LogP contribution in [0.5, 0.6) is 5.75 Å². The van der Waals surface area contributed by atoms with Gasteiger partial charge in [-0.2, -0.15) is 24.4 Å². The van der Waals surface area contributed by atoms with Crippen LogP contribution in [0.2, 0.25) is 0 Å². The lowest BCUT2D eigenvalue weighted by atomic mass is 9.95. The number of phenols is 1. The number of benzene rings is 2. The molecular formula is C81H119N19O30S2. The van der Waals surface area contributed by atoms with Crippen LogP contribution in [-0.4, -0.2) is 340 Å². The first kappa shape index (κ1) is 111. The van der Waals surface area contributed by atoms with Crippen LogP contribution >= 0.6 is 24.4 Å². The van der Waals surface area contributed by atoms with Gasteiger partial charge in [-0.25, -0.2) is 0 Å². The second kappa shape index (κ2) is 54.7. The van der Waals surface area contributed by atoms with Gasteiger partial charge in [-0.15, -0.1) is 0 Å². The number of aromatic nitrogens is 1. The van der Waals surface area contributed by atoms with Crippen molar-refractivity contribution in [1.82, 2.24) is 95.0 Å². The summed E-state index contributed by atoms with van der Waals surface area (Å²) in [5, 5.41) is 128. The first-order chi connectivity index (χ1) is 62.1. The number of fused-ring (bicyclic) bond motifs is 1. The number of carboxylic acid groups (broad SMARTS) is 4. The van der Waals surface area contributed by atoms with E-state index >= 15 is 0 Å². The Kier molecular flexibility index (Phi) is 46.2. The lowest BCUT2D eigenvalue weighted by Gasteiger charge is -2.33. The van der Waals surface area contributed by atoms with Crippen LogP contribution < -0.4 is 90.8 Å². The van der Waals surface area contributed by atoms with Gasteiger partial charge >= 0.3 is 23.9 Å². The first-order valence-corrected chi connectivity index (χ1v) is 43.9. The number of hydrogen-bond acceptors (Lipinski definition) is 29. The molecule has 1 aliphatic rings. The smallest absolute Gasteiger partial charge is 0.325 e. The molecule has 2 aromatic carbocycles. The number of aromatic hydroxyl groups is 1. The van der Waals surface area contributed by atoms with Crippen molar-refractivity contribution in [3.05, 3.63) is 65.9 Å². The summed E-state index contributed by atoms with van der Waals surface area (Å²) in [5.41, 5.74) is 6.93. The van der Waals surface area contributed by atoms with Crippen molar-refractivity contribution in [2.24, 2.45) is 17.6 Å². The van der Waals surface area contributed by atoms with Gasteiger partial charge in [-0.1, -0.05) is 64.4 Å². The SMILES string of the molecule is CC[C@H](C)[C@H](NC(=O)[C@H](CC(=O)O)NC(=O)[C@H](CC(=O)O)NC(=O)CNC(=O)[C@H](C)NC(=O)[C@@H](N)CCC(=O)O)C(=O)N[C@H](C(=O)N1CCC[C@H]1C(=O)N[C@@H](CS)C(=O)N[C@@H](CO)C(=O)N[C@@H](CCSC)C(=O)N[C@@H](CO)C(=O)N[C@@H](Cc1ccc(O)cc1)C(=O)N[C@H](C(=O)N[C@@H](Cc1c[nH]c2ccccc12)C(=O)N[C@H](C(=O)NCC(=O)N[C@@H](C)C(=O)O)[C@@H](C)O)[C@@H](C)O)C(C)C. The van der Waals surface area contributed by atoms with Crippen molar-refractivity contribution in [2.45, 2.75) is 228 Å². The zero-order chi connectivity index (χ0) is 99.2. The van der Waals surface area contributed by atoms with E-state index in [1.165, 1.54) is 69.9 Å². The Balaban J connectivity index is 1.49. The molecule has 132 heavy (non-hydrogen) atoms. The van der Waals surface area contributed by atoms with Gasteiger partial charge in [0, 0.05) is 48.7 Å². The van der Waals surface area contributed by atoms with E-state index in [2.05, 4.69) is 97.4 Å². The predicted molar refractivity (Wildman–Crippen MR) is 469 cm³/mol. The number of amides is 17. The van der Waals surface area contributed by atoms with Gasteiger partial charge in [-0.3, -0.25) is 101 Å². The first-order valence-electron chi connectivity index (χ1n) is 41.8. The number of phenolic OH excluding ortho intramolecular Hbond substituents is 1. The molecule has 730 valence electrons. The normalized spacial score (nSPS) is 16.4. The van der Waals surface area contributed by atoms with Crippen molar-refractivity contribution in [2.75, 3.05) is 50.6 Å². The Morgan fingerprint density at radius 3 is 1.48 bits per heavy atom. The highest BCUT2D eigenvalue weighted by atomic mass is 32.2. The number of aromatic amines is 1. The fourth-order valence-corrected chi connectivity index (χ4v) is 13.8. The van der Waals surface area contributed by atoms with Crippen molar-refractivity contribution in [1.29, 1.82) is 0 Å². The van der Waals surface area contributed by atoms with E-state index in [0.29, 0.717) is 16.5 Å². The van der Waals surface area contributed by atoms with E-state index < -0.39 is 303 Å². The summed E-state index contributed by atoms with van der Waals surface area (Å²) in [6, 6.07) is -15.1. The Labute approximate surface area is 766 Å². The highest BCUT2D eigenvalue weighted by Crippen LogP contribution is 2.24. The van der Waals surface area contributed by atoms with Gasteiger partial charge in [0.25, 0.3) is 0 Å². The quantitative estimate of drug-likeness (QED) is 0.0233. The third-order valence-corrected chi connectivity index (χ3v) is 21.8. The lowest BCUT2D eigenvalue weighted by molar-refractivity contribution is -0.144. The molecule has 1 fully saturated rings. The number of nitrogens with two attached hydrogens (primary N) is 1. The molecule has 1 aromatic heterocycles. The number of nitrogens with zero attached hydrogens (tertiary/aromatic N) is 1. The number of carbonyl (C=O) groups is 21. The standard InChI is InChI=1S/C81H119N19O30S2/c1-10-37(4)63(97-72(120)52(29-61(112)113)91-69(117)51(28-60(110)111)88-58(107)32-84-66(114)38(5)87-67(115)46(82)21-22-59(108)109)78(126)96-62(36(2)3)80(128)100-24-13-16-56(100)76(124)95-55(35-131)75(123)94-53(33-101)73(121)89-48(23-25-132-9)68(116)93-54(34-102)74(122)90-49(26-42-17-19-44(105)20-18-42)70(118)99-65(41(8)104)79(127)92-50(27-43-30-83-47-15-12-11-14-45(43)47)71(119)98-64(40(7)103)77(125)85-31-57(106)86-39(6)81(129)130/h11-12,14-15,17-20,30,36-41,46,48-56,62-65,83,101-105,131H,10,13,16,21-29,31-35,82H2,1-9H3,(H,84,114)(H,85,125)(H,86,106)(H,87,115)(H,88,107)(H,89,121)(H,90,122)(H,91,117)(H,92,127)(H,93,116)(H,94,123)(H,95,124)(H,96,126)(H,97,120)(H,98,119)(H,99,118)(H,108,109)(H,110,111)(H,112,113)(H,129,130)/t37-,38-,39-,40+,41+,46-,48-,49-,50-,51-,52-,53-,54-,55-,56-,62-,63-,64-,65-/m0/s1. The Morgan fingerprint density at radius 2 is 0.955 bits per heavy atom. The van der Waals surface area contributed by atoms with Gasteiger partial charge in [0.2, 0.25) is 100 Å². The number of thioether (sulfide) groups is 1. The van der Waals surface area contributed by atoms with Crippen LogP contribution in [0.4, 0.5) is 0 Å². The minimum Gasteiger partial charge on any atom is -0.508 e. The molecular weight excluding hydrogens is 1780 g/mol. The molecule has 2 heterocycles. The number of aliphatic hydroxyl groups is 4. The van der Waals surface area contributed by atoms with E-state index in [1.807, 2.05) is 5.32 Å². The van der Waals surface area contributed by atoms with E-state index in [0.717, 1.165) is 25.7 Å². The van der Waals surface area contributed by atoms with E-state index in [-0.39, 0.29) is 62.1 Å². The Morgan fingerprint density at radius 1 is 0.492 bits per heavy atom. The fraction of sp³-hybridized carbons (Fsp3) is 0.568. The number of carbonyl (C=O) groups excluding carboxylic acids is 17. The largest absolute Gasteiger partial charge is 0.508 e. The van der Waals surface area contributed by atoms with E-state index in [4.69, 9.17) is 10.8 Å². The molecule has 3 aromatic rings. The van der Waals surface area contributed by atoms with Crippen LogP contribution in [0, 0.1) is 11.8 Å². The summed E-state index contributed by atoms with van der Waals surface area (Å²) in [7, 11) is 0. The summed E-state index contributed by atoms with van der Waals surface area (Å²) in [6.45, 7) is 6.53. The van der Waals surface area contributed by atoms with Crippen LogP contribution in [0.15, 0.2) is 54.7 Å². The lowest BCUT2D eigenvalue weighted by Crippen LogP contribution is -2.63. The maximum absolute atomic E-state index is 14.6. The monoisotopic (exact) mass is 1900 g/mol. The summed E-state index contributed by atoms with van der Waals surface area (Å²) >= 11 is 5.41. The molecule has 0 saturated carbocycles. The third-order valence-electron chi connectivity index (χ3n) is 20.8. The second-order valence-corrected chi connectivity index (χ2v) is 32.9. The number of aliphatic hydroxyl groups excluding tert-OH is 4. The fourth-order valence-electron chi connectivity index (χ4n) is 13.1. The minimum atomic E-state index is -2.08. The highest BCUT2D eigenvalue weighted by molar-refractivity contribution is 7.98. The zero-order valence-electron chi connectivity index (χ0n) is 73.7. The maximum Gasteiger partial charge on any atom is 0.325 e. The van der Waals surface area contributed by atoms with Gasteiger partial charge in [0.1, 0.15) is 96.4 Å². The number of H-pyrrole nitrogens is 1. The van der Waals surface area contributed by atoms with Crippen LogP contribution in [-0.2, 0) is 114 Å². The summed E-state index contributed by atoms with van der Waals surface area (Å²) in [5.74, 6) is -27.2. The second-order valence-electron chi connectivity index (χ2n) is 31.6. The maximum atomic E-state index is 14.6. The number of nitrogens with one attached hydrogen (secondary N) is 17. The molecule has 17 amide bonds. The average molecular weight is 1900 g/mol. The van der Waals surface area contributed by atoms with Crippen molar-refractivity contribution >= 4 is 160 Å². The third kappa shape index (κ3) is 35.8. The Bertz CT molecular complexity index is 4600. The molecule has 0 aliphatic carbocycles. The van der Waals surface area contributed by atoms with Crippen molar-refractivity contribution in [3.63, 3.8) is 0 Å². The summed E-state index contributed by atoms with van der Waals surface area (Å²) in [4.78, 5) is 285. The van der Waals surface area contributed by atoms with Crippen molar-refractivity contribution < 1.29 is 147 Å². The van der Waals surface area contributed by atoms with Gasteiger partial charge < -0.3 is 147 Å². The molecule has 0 radical (unpaired) electrons. The predicted octanol–water partition coefficient (Wildman–Crippen LogP) is -8.93. The molecule has 19 atom stereocenters. The summed E-state index contributed by atoms with van der Waals surface area (Å²) < 4.78 is 0. The highest BCUT2D eigenvalue weighted by Gasteiger charge is 2.44. The number of likely N-dealkylation sites (tertiary alicyclic amines) is 1. The van der Waals surface area contributed by atoms with E-state index in [1.54, 1.807) is 37.4 Å². The number of rotatable bonds is 56. The average Bonchev–Trinajstić information content (AvgIpc) is 1.67. The minimum absolute atomic E-state index is 0.0153. The molecule has 0 bridgehead atoms. The van der Waals surface area contributed by atoms with Crippen LogP contribution in [0.3, 0.4) is 0 Å². The topological polar surface area (TPSA) is 778 Å². The van der Waals surface area contributed by atoms with E-state index in [9.17, 15) is 142 Å². The molecule has 4 rings (SSSR count). The molecule has 1 saturated heterocycles. The number of hydrogen-bond donors (Lipinski definition) is 28. The van der Waals surface area contributed by atoms with Crippen molar-refractivity contribution in [3.8, 4) is 5.75 Å². The Hall–Kier alpha value is -12.9. The number of carboxylic acids is 4. The molecule has 51 heteroatoms. The summed E-state index contributed by atoms with van der Waals surface area (Å²) in [6.07, 6.45) is -4.15. The molecule has 28 N–H and O–H groups in total. The number of para-hydroxylation sites is 1. The van der Waals surface area contributed by atoms with Gasteiger partial charge in [0.15, 0.2) is 0 Å². The van der Waals surface area contributed by atoms with Crippen LogP contribution in [0.25, 0.3) is 10.9 Å². The van der Waals surface area contributed by atoms with Gasteiger partial charge in [-0.05, 0) is 107 Å².